The summed E-state index contributed by atoms with van der Waals surface area (Å²) in [6.07, 6.45) is 0.250. The quantitative estimate of drug-likeness (QED) is 0.330. The van der Waals surface area contributed by atoms with E-state index in [4.69, 9.17) is 9.59 Å². The predicted molar refractivity (Wildman–Crippen MR) is 26.7 cm³/mol. The molecule has 0 fully saturated rings. The molecular weight excluding hydrogens is 140 g/mol. The number of hydrogen-bond acceptors (Lipinski definition) is 2. The number of rotatable bonds is 0. The van der Waals surface area contributed by atoms with Gasteiger partial charge in [0.15, 0.2) is 0 Å². The van der Waals surface area contributed by atoms with Crippen LogP contribution in [0.4, 0.5) is 0 Å². The molecule has 0 radical (unpaired) electrons. The van der Waals surface area contributed by atoms with E-state index in [1.165, 1.54) is 0 Å². The van der Waals surface area contributed by atoms with Gasteiger partial charge in [-0.05, 0) is 0 Å². The molecule has 0 spiro atoms. The molecule has 12 N–H and O–H groups in total. The first-order valence-electron chi connectivity index (χ1n) is 0.408. The SMILES string of the molecule is O.O.O.O.O.O.O=C=O. The van der Waals surface area contributed by atoms with Crippen molar-refractivity contribution < 1.29 is 42.4 Å². The Bertz CT molecular complexity index is 25.5. The maximum Gasteiger partial charge on any atom is 0.373 e. The molecule has 0 saturated carbocycles. The van der Waals surface area contributed by atoms with Crippen molar-refractivity contribution in [2.45, 2.75) is 0 Å². The standard InChI is InChI=1S/CO2.6H2O/c2-1-3;;;;;;/h;6*1H2. The monoisotopic (exact) mass is 152 g/mol. The van der Waals surface area contributed by atoms with Crippen LogP contribution in [0.5, 0.6) is 0 Å². The topological polar surface area (TPSA) is 223 Å². The fourth-order valence-corrected chi connectivity index (χ4v) is 0. The molecule has 0 saturated heterocycles. The molecule has 0 atom stereocenters. The first-order valence-corrected chi connectivity index (χ1v) is 0.408. The molecule has 0 aromatic heterocycles. The molecule has 0 aliphatic rings. The van der Waals surface area contributed by atoms with E-state index in [-0.39, 0.29) is 39.0 Å². The van der Waals surface area contributed by atoms with Crippen LogP contribution in [0, 0.1) is 0 Å². The highest BCUT2D eigenvalue weighted by molar-refractivity contribution is 5.20. The highest BCUT2D eigenvalue weighted by Crippen LogP contribution is 0.787. The second kappa shape index (κ2) is 13700. The van der Waals surface area contributed by atoms with E-state index < -0.39 is 0 Å². The molecule has 9 heavy (non-hydrogen) atoms. The van der Waals surface area contributed by atoms with Crippen molar-refractivity contribution in [3.63, 3.8) is 0 Å². The van der Waals surface area contributed by atoms with Crippen molar-refractivity contribution >= 4 is 6.15 Å². The molecule has 0 aromatic rings. The minimum Gasteiger partial charge on any atom is -0.412 e. The summed E-state index contributed by atoms with van der Waals surface area (Å²) in [6.45, 7) is 0. The van der Waals surface area contributed by atoms with Crippen LogP contribution in [0.2, 0.25) is 0 Å². The highest BCUT2D eigenvalue weighted by atomic mass is 16.2. The Balaban J connectivity index is -0.00000000133. The summed E-state index contributed by atoms with van der Waals surface area (Å²) in [6, 6.07) is 0. The van der Waals surface area contributed by atoms with Crippen LogP contribution >= 0.6 is 0 Å². The molecule has 0 bridgehead atoms. The molecule has 0 unspecified atom stereocenters. The van der Waals surface area contributed by atoms with Gasteiger partial charge in [0.1, 0.15) is 0 Å². The van der Waals surface area contributed by atoms with E-state index >= 15 is 0 Å². The third kappa shape index (κ3) is 255. The zero-order valence-electron chi connectivity index (χ0n) is 4.32. The van der Waals surface area contributed by atoms with Gasteiger partial charge in [0.05, 0.1) is 0 Å². The summed E-state index contributed by atoms with van der Waals surface area (Å²) < 4.78 is 0. The van der Waals surface area contributed by atoms with Gasteiger partial charge in [-0.15, -0.1) is 0 Å². The normalized spacial score (nSPS) is 0.889. The Morgan fingerprint density at radius 2 is 0.556 bits per heavy atom. The van der Waals surface area contributed by atoms with E-state index in [0.29, 0.717) is 0 Å². The fraction of sp³-hybridized carbons (Fsp3) is 0. The smallest absolute Gasteiger partial charge is 0.373 e. The maximum absolute atomic E-state index is 8.12. The predicted octanol–water partition coefficient (Wildman–Crippen LogP) is -5.53. The fourth-order valence-electron chi connectivity index (χ4n) is 0. The molecule has 0 amide bonds. The van der Waals surface area contributed by atoms with Crippen LogP contribution < -0.4 is 0 Å². The molecule has 0 aromatic carbocycles. The van der Waals surface area contributed by atoms with Crippen LogP contribution in [0.1, 0.15) is 0 Å². The average Bonchev–Trinajstić information content (AvgIpc) is 0.918. The van der Waals surface area contributed by atoms with E-state index in [9.17, 15) is 0 Å². The number of carbonyl (C=O) groups excluding carboxylic acids is 2. The van der Waals surface area contributed by atoms with Crippen LogP contribution in [0.3, 0.4) is 0 Å². The van der Waals surface area contributed by atoms with Crippen LogP contribution in [0.25, 0.3) is 0 Å². The van der Waals surface area contributed by atoms with Gasteiger partial charge in [-0.2, -0.15) is 9.59 Å². The van der Waals surface area contributed by atoms with Crippen LogP contribution in [0.15, 0.2) is 0 Å². The lowest BCUT2D eigenvalue weighted by molar-refractivity contribution is -0.191. The van der Waals surface area contributed by atoms with Gasteiger partial charge >= 0.3 is 6.15 Å². The molecule has 0 heterocycles. The molecule has 8 nitrogen and oxygen atoms in total. The van der Waals surface area contributed by atoms with Crippen molar-refractivity contribution in [1.29, 1.82) is 0 Å². The van der Waals surface area contributed by atoms with Gasteiger partial charge in [0, 0.05) is 0 Å². The summed E-state index contributed by atoms with van der Waals surface area (Å²) in [5, 5.41) is 0. The molecule has 0 aliphatic carbocycles. The van der Waals surface area contributed by atoms with E-state index in [0.717, 1.165) is 0 Å². The van der Waals surface area contributed by atoms with Crippen molar-refractivity contribution in [1.82, 2.24) is 0 Å². The molecule has 64 valence electrons. The largest absolute Gasteiger partial charge is 0.412 e. The first kappa shape index (κ1) is 319. The van der Waals surface area contributed by atoms with Crippen molar-refractivity contribution in [2.24, 2.45) is 0 Å². The lowest BCUT2D eigenvalue weighted by Crippen LogP contribution is -1.22. The molecule has 0 aliphatic heterocycles. The Labute approximate surface area is 49.9 Å². The third-order valence-corrected chi connectivity index (χ3v) is 0. The van der Waals surface area contributed by atoms with Gasteiger partial charge in [-0.25, -0.2) is 0 Å². The first-order chi connectivity index (χ1) is 1.41. The zero-order chi connectivity index (χ0) is 2.71. The lowest BCUT2D eigenvalue weighted by atomic mass is 11.8. The van der Waals surface area contributed by atoms with E-state index in [2.05, 4.69) is 0 Å². The summed E-state index contributed by atoms with van der Waals surface area (Å²) in [4.78, 5) is 16.2. The third-order valence-electron chi connectivity index (χ3n) is 0. The van der Waals surface area contributed by atoms with Gasteiger partial charge in [0.25, 0.3) is 0 Å². The Hall–Kier alpha value is -0.860. The maximum atomic E-state index is 8.12. The van der Waals surface area contributed by atoms with Gasteiger partial charge in [-0.1, -0.05) is 0 Å². The minimum absolute atomic E-state index is 0. The lowest BCUT2D eigenvalue weighted by Gasteiger charge is -0.945. The zero-order valence-corrected chi connectivity index (χ0v) is 4.32. The molecular formula is CH12O8. The van der Waals surface area contributed by atoms with E-state index in [1.807, 2.05) is 0 Å². The summed E-state index contributed by atoms with van der Waals surface area (Å²) >= 11 is 0. The average molecular weight is 152 g/mol. The second-order valence-electron chi connectivity index (χ2n) is 0.0833. The Morgan fingerprint density at radius 3 is 0.556 bits per heavy atom. The van der Waals surface area contributed by atoms with Crippen molar-refractivity contribution in [2.75, 3.05) is 0 Å². The van der Waals surface area contributed by atoms with Crippen molar-refractivity contribution in [3.8, 4) is 0 Å². The Morgan fingerprint density at radius 1 is 0.556 bits per heavy atom. The molecule has 0 rings (SSSR count). The summed E-state index contributed by atoms with van der Waals surface area (Å²) in [5.74, 6) is 0. The van der Waals surface area contributed by atoms with Gasteiger partial charge in [-0.3, -0.25) is 0 Å². The van der Waals surface area contributed by atoms with Gasteiger partial charge < -0.3 is 32.9 Å². The Kier molecular flexibility index (Phi) is 487000. The van der Waals surface area contributed by atoms with Crippen LogP contribution in [-0.4, -0.2) is 39.0 Å². The van der Waals surface area contributed by atoms with Gasteiger partial charge in [0.2, 0.25) is 0 Å². The van der Waals surface area contributed by atoms with Crippen molar-refractivity contribution in [3.05, 3.63) is 0 Å². The highest BCUT2D eigenvalue weighted by Gasteiger charge is 1.13. The second-order valence-corrected chi connectivity index (χ2v) is 0.0833. The number of hydrogen-bond donors (Lipinski definition) is 0. The molecule has 8 heteroatoms. The summed E-state index contributed by atoms with van der Waals surface area (Å²) in [5.41, 5.74) is 0. The van der Waals surface area contributed by atoms with Crippen LogP contribution in [-0.2, 0) is 9.59 Å². The minimum atomic E-state index is 0. The summed E-state index contributed by atoms with van der Waals surface area (Å²) in [7, 11) is 0. The van der Waals surface area contributed by atoms with E-state index in [1.54, 1.807) is 0 Å².